The fourth-order valence-electron chi connectivity index (χ4n) is 2.27. The normalized spacial score (nSPS) is 18.1. The van der Waals surface area contributed by atoms with E-state index in [1.807, 2.05) is 36.4 Å². The van der Waals surface area contributed by atoms with Gasteiger partial charge < -0.3 is 15.4 Å². The second-order valence-electron chi connectivity index (χ2n) is 4.39. The predicted molar refractivity (Wildman–Crippen MR) is 73.4 cm³/mol. The smallest absolute Gasteiger partial charge is 0.143 e. The predicted octanol–water partition coefficient (Wildman–Crippen LogP) is 2.54. The van der Waals surface area contributed by atoms with Crippen molar-refractivity contribution in [1.29, 1.82) is 0 Å². The van der Waals surface area contributed by atoms with E-state index in [2.05, 4.69) is 23.1 Å². The Hall–Kier alpha value is -2.00. The second kappa shape index (κ2) is 4.70. The van der Waals surface area contributed by atoms with Crippen molar-refractivity contribution in [3.8, 4) is 5.75 Å². The number of nitrogens with zero attached hydrogens (tertiary/aromatic N) is 1. The number of benzene rings is 2. The fourth-order valence-corrected chi connectivity index (χ4v) is 2.27. The molecule has 1 aliphatic heterocycles. The average molecular weight is 240 g/mol. The number of para-hydroxylation sites is 3. The number of ether oxygens (including phenoxy) is 1. The van der Waals surface area contributed by atoms with Crippen molar-refractivity contribution in [2.24, 2.45) is 5.73 Å². The first kappa shape index (κ1) is 11.1. The quantitative estimate of drug-likeness (QED) is 0.876. The summed E-state index contributed by atoms with van der Waals surface area (Å²) in [6.07, 6.45) is 0.0418. The zero-order chi connectivity index (χ0) is 12.4. The van der Waals surface area contributed by atoms with Crippen molar-refractivity contribution in [3.05, 3.63) is 54.6 Å². The minimum absolute atomic E-state index is 0.0418. The van der Waals surface area contributed by atoms with Crippen LogP contribution in [0.5, 0.6) is 5.75 Å². The summed E-state index contributed by atoms with van der Waals surface area (Å²) < 4.78 is 5.87. The summed E-state index contributed by atoms with van der Waals surface area (Å²) >= 11 is 0. The monoisotopic (exact) mass is 240 g/mol. The molecule has 2 aromatic rings. The van der Waals surface area contributed by atoms with E-state index in [1.165, 1.54) is 5.69 Å². The molecule has 0 spiro atoms. The number of nitrogens with two attached hydrogens (primary N) is 1. The Kier molecular flexibility index (Phi) is 2.90. The molecule has 1 heterocycles. The highest BCUT2D eigenvalue weighted by Crippen LogP contribution is 2.37. The van der Waals surface area contributed by atoms with Gasteiger partial charge in [0.25, 0.3) is 0 Å². The summed E-state index contributed by atoms with van der Waals surface area (Å²) in [7, 11) is 0. The molecule has 0 bridgehead atoms. The Labute approximate surface area is 107 Å². The van der Waals surface area contributed by atoms with Crippen molar-refractivity contribution in [2.45, 2.75) is 6.10 Å². The van der Waals surface area contributed by atoms with Gasteiger partial charge in [-0.1, -0.05) is 30.3 Å². The molecule has 2 aromatic carbocycles. The molecule has 0 radical (unpaired) electrons. The first-order chi connectivity index (χ1) is 8.88. The standard InChI is InChI=1S/C15H16N2O/c16-10-13-11-17(12-6-2-1-3-7-12)14-8-4-5-9-15(14)18-13/h1-9,13H,10-11,16H2. The number of anilines is 2. The molecule has 0 fully saturated rings. The van der Waals surface area contributed by atoms with Crippen LogP contribution in [0.25, 0.3) is 0 Å². The van der Waals surface area contributed by atoms with E-state index in [0.29, 0.717) is 6.54 Å². The van der Waals surface area contributed by atoms with Crippen LogP contribution in [0.1, 0.15) is 0 Å². The number of fused-ring (bicyclic) bond motifs is 1. The molecule has 1 atom stereocenters. The summed E-state index contributed by atoms with van der Waals surface area (Å²) in [6, 6.07) is 18.4. The summed E-state index contributed by atoms with van der Waals surface area (Å²) in [5, 5.41) is 0. The third kappa shape index (κ3) is 1.93. The van der Waals surface area contributed by atoms with E-state index >= 15 is 0 Å². The average Bonchev–Trinajstić information content (AvgIpc) is 2.47. The minimum Gasteiger partial charge on any atom is -0.485 e. The maximum atomic E-state index is 5.87. The zero-order valence-electron chi connectivity index (χ0n) is 10.1. The number of hydrogen-bond acceptors (Lipinski definition) is 3. The van der Waals surface area contributed by atoms with Crippen molar-refractivity contribution in [3.63, 3.8) is 0 Å². The van der Waals surface area contributed by atoms with Crippen LogP contribution in [0, 0.1) is 0 Å². The zero-order valence-corrected chi connectivity index (χ0v) is 10.1. The lowest BCUT2D eigenvalue weighted by Crippen LogP contribution is -2.41. The molecule has 92 valence electrons. The lowest BCUT2D eigenvalue weighted by Gasteiger charge is -2.35. The molecule has 0 aromatic heterocycles. The van der Waals surface area contributed by atoms with Crippen LogP contribution in [-0.4, -0.2) is 19.2 Å². The topological polar surface area (TPSA) is 38.5 Å². The number of hydrogen-bond donors (Lipinski definition) is 1. The molecule has 0 amide bonds. The van der Waals surface area contributed by atoms with Crippen LogP contribution >= 0.6 is 0 Å². The van der Waals surface area contributed by atoms with Crippen LogP contribution in [0.4, 0.5) is 11.4 Å². The van der Waals surface area contributed by atoms with Gasteiger partial charge in [-0.05, 0) is 24.3 Å². The SMILES string of the molecule is NCC1CN(c2ccccc2)c2ccccc2O1. The van der Waals surface area contributed by atoms with Crippen LogP contribution < -0.4 is 15.4 Å². The van der Waals surface area contributed by atoms with Gasteiger partial charge in [0.2, 0.25) is 0 Å². The van der Waals surface area contributed by atoms with Gasteiger partial charge in [0.1, 0.15) is 11.9 Å². The lowest BCUT2D eigenvalue weighted by atomic mass is 10.1. The van der Waals surface area contributed by atoms with Gasteiger partial charge in [-0.15, -0.1) is 0 Å². The summed E-state index contributed by atoms with van der Waals surface area (Å²) in [5.41, 5.74) is 8.03. The van der Waals surface area contributed by atoms with Crippen LogP contribution in [0.15, 0.2) is 54.6 Å². The van der Waals surface area contributed by atoms with Crippen LogP contribution in [0.3, 0.4) is 0 Å². The highest BCUT2D eigenvalue weighted by atomic mass is 16.5. The lowest BCUT2D eigenvalue weighted by molar-refractivity contribution is 0.206. The third-order valence-electron chi connectivity index (χ3n) is 3.17. The largest absolute Gasteiger partial charge is 0.485 e. The molecule has 3 rings (SSSR count). The molecular weight excluding hydrogens is 224 g/mol. The van der Waals surface area contributed by atoms with Gasteiger partial charge in [0, 0.05) is 12.2 Å². The molecule has 1 unspecified atom stereocenters. The van der Waals surface area contributed by atoms with E-state index in [0.717, 1.165) is 18.0 Å². The molecule has 0 saturated heterocycles. The molecule has 3 heteroatoms. The van der Waals surface area contributed by atoms with Gasteiger partial charge in [-0.3, -0.25) is 0 Å². The minimum atomic E-state index is 0.0418. The Morgan fingerprint density at radius 2 is 1.78 bits per heavy atom. The molecular formula is C15H16N2O. The first-order valence-electron chi connectivity index (χ1n) is 6.17. The van der Waals surface area contributed by atoms with E-state index < -0.39 is 0 Å². The summed E-state index contributed by atoms with van der Waals surface area (Å²) in [5.74, 6) is 0.906. The Morgan fingerprint density at radius 3 is 2.56 bits per heavy atom. The van der Waals surface area contributed by atoms with Gasteiger partial charge >= 0.3 is 0 Å². The highest BCUT2D eigenvalue weighted by Gasteiger charge is 2.25. The summed E-state index contributed by atoms with van der Waals surface area (Å²) in [4.78, 5) is 2.26. The maximum Gasteiger partial charge on any atom is 0.143 e. The Bertz CT molecular complexity index is 527. The van der Waals surface area contributed by atoms with Crippen molar-refractivity contribution in [2.75, 3.05) is 18.0 Å². The molecule has 18 heavy (non-hydrogen) atoms. The van der Waals surface area contributed by atoms with Crippen molar-refractivity contribution >= 4 is 11.4 Å². The van der Waals surface area contributed by atoms with E-state index in [9.17, 15) is 0 Å². The fraction of sp³-hybridized carbons (Fsp3) is 0.200. The van der Waals surface area contributed by atoms with Crippen molar-refractivity contribution in [1.82, 2.24) is 0 Å². The molecule has 3 nitrogen and oxygen atoms in total. The molecule has 1 aliphatic rings. The first-order valence-corrected chi connectivity index (χ1v) is 6.17. The van der Waals surface area contributed by atoms with E-state index in [1.54, 1.807) is 0 Å². The van der Waals surface area contributed by atoms with Crippen LogP contribution in [-0.2, 0) is 0 Å². The maximum absolute atomic E-state index is 5.87. The van der Waals surface area contributed by atoms with Crippen molar-refractivity contribution < 1.29 is 4.74 Å². The van der Waals surface area contributed by atoms with Crippen LogP contribution in [0.2, 0.25) is 0 Å². The molecule has 0 aliphatic carbocycles. The third-order valence-corrected chi connectivity index (χ3v) is 3.17. The van der Waals surface area contributed by atoms with Gasteiger partial charge in [-0.25, -0.2) is 0 Å². The highest BCUT2D eigenvalue weighted by molar-refractivity contribution is 5.70. The van der Waals surface area contributed by atoms with E-state index in [-0.39, 0.29) is 6.10 Å². The van der Waals surface area contributed by atoms with E-state index in [4.69, 9.17) is 10.5 Å². The van der Waals surface area contributed by atoms with Gasteiger partial charge in [0.15, 0.2) is 0 Å². The Balaban J connectivity index is 2.04. The number of rotatable bonds is 2. The van der Waals surface area contributed by atoms with Gasteiger partial charge in [-0.2, -0.15) is 0 Å². The Morgan fingerprint density at radius 1 is 1.06 bits per heavy atom. The summed E-state index contributed by atoms with van der Waals surface area (Å²) in [6.45, 7) is 1.31. The molecule has 2 N–H and O–H groups in total. The second-order valence-corrected chi connectivity index (χ2v) is 4.39. The molecule has 0 saturated carbocycles. The van der Waals surface area contributed by atoms with Gasteiger partial charge in [0.05, 0.1) is 12.2 Å².